The van der Waals surface area contributed by atoms with Gasteiger partial charge >= 0.3 is 0 Å². The minimum atomic E-state index is 0. The van der Waals surface area contributed by atoms with Crippen LogP contribution in [-0.4, -0.2) is 116 Å². The molecule has 0 unspecified atom stereocenters. The monoisotopic (exact) mass is 326 g/mol. The Bertz CT molecular complexity index is 256. The average Bonchev–Trinajstić information content (AvgIpc) is 2.05. The Morgan fingerprint density at radius 1 is 1.00 bits per heavy atom. The summed E-state index contributed by atoms with van der Waals surface area (Å²) < 4.78 is 0.796. The molecule has 2 radical (unpaired) electrons. The third kappa shape index (κ3) is 16.7. The fourth-order valence-electron chi connectivity index (χ4n) is 0.300. The molecule has 15 heavy (non-hydrogen) atoms. The van der Waals surface area contributed by atoms with Gasteiger partial charge in [0.25, 0.3) is 0 Å². The largest absolute Gasteiger partial charge is 0.278 e. The standard InChI is InChI=1S/C5H4N4S4.2K/c6-1-8-4(10)12-3-13-5(11)9-2-7;;/h3H2,(H,8,10)(H,9,11);;. The van der Waals surface area contributed by atoms with E-state index in [4.69, 9.17) is 35.0 Å². The number of rotatable bonds is 2. The van der Waals surface area contributed by atoms with Crippen LogP contribution in [0.15, 0.2) is 0 Å². The molecule has 0 saturated heterocycles. The summed E-state index contributed by atoms with van der Waals surface area (Å²) in [5, 5.41) is 21.5. The molecule has 2 N–H and O–H groups in total. The van der Waals surface area contributed by atoms with Gasteiger partial charge in [-0.1, -0.05) is 48.0 Å². The molecular formula is C5H4K2N4S4. The molecule has 0 fully saturated rings. The molecule has 0 amide bonds. The molecule has 10 heteroatoms. The molecule has 0 atom stereocenters. The van der Waals surface area contributed by atoms with E-state index in [-0.39, 0.29) is 103 Å². The van der Waals surface area contributed by atoms with Crippen LogP contribution >= 0.6 is 48.0 Å². The van der Waals surface area contributed by atoms with Crippen LogP contribution in [0.1, 0.15) is 0 Å². The Kier molecular flexibility index (Phi) is 25.5. The van der Waals surface area contributed by atoms with Gasteiger partial charge in [-0.25, -0.2) is 0 Å². The summed E-state index contributed by atoms with van der Waals surface area (Å²) in [5.41, 5.74) is 0. The summed E-state index contributed by atoms with van der Waals surface area (Å²) in [6, 6.07) is 0. The zero-order chi connectivity index (χ0) is 10.1. The molecule has 70 valence electrons. The zero-order valence-corrected chi connectivity index (χ0v) is 17.7. The number of nitrogens with one attached hydrogen (secondary N) is 2. The van der Waals surface area contributed by atoms with Crippen molar-refractivity contribution in [1.82, 2.24) is 10.6 Å². The molecule has 0 saturated carbocycles. The van der Waals surface area contributed by atoms with Gasteiger partial charge in [0.2, 0.25) is 0 Å². The van der Waals surface area contributed by atoms with E-state index in [1.807, 2.05) is 0 Å². The van der Waals surface area contributed by atoms with Crippen molar-refractivity contribution >= 4 is 159 Å². The molecule has 0 aromatic heterocycles. The van der Waals surface area contributed by atoms with Gasteiger partial charge in [-0.15, -0.1) is 0 Å². The third-order valence-corrected chi connectivity index (χ3v) is 3.28. The van der Waals surface area contributed by atoms with Crippen LogP contribution in [0.2, 0.25) is 0 Å². The zero-order valence-electron chi connectivity index (χ0n) is 8.23. The second-order valence-electron chi connectivity index (χ2n) is 1.46. The van der Waals surface area contributed by atoms with E-state index in [2.05, 4.69) is 10.6 Å². The second-order valence-corrected chi connectivity index (χ2v) is 5.13. The van der Waals surface area contributed by atoms with E-state index in [1.165, 1.54) is 23.5 Å². The number of thiocarbonyl (C=S) groups is 2. The van der Waals surface area contributed by atoms with Crippen molar-refractivity contribution in [3.8, 4) is 12.4 Å². The maximum atomic E-state index is 8.18. The van der Waals surface area contributed by atoms with E-state index < -0.39 is 0 Å². The number of nitrogens with zero attached hydrogens (tertiary/aromatic N) is 2. The molecule has 0 bridgehead atoms. The first-order chi connectivity index (χ1) is 6.20. The molecular weight excluding hydrogens is 323 g/mol. The van der Waals surface area contributed by atoms with Crippen LogP contribution in [0.3, 0.4) is 0 Å². The summed E-state index contributed by atoms with van der Waals surface area (Å²) >= 11 is 12.1. The number of hydrogen-bond acceptors (Lipinski definition) is 6. The summed E-state index contributed by atoms with van der Waals surface area (Å²) in [6.45, 7) is 0. The molecule has 0 aliphatic rings. The van der Waals surface area contributed by atoms with Gasteiger partial charge in [0.1, 0.15) is 8.64 Å². The van der Waals surface area contributed by atoms with Crippen LogP contribution in [0.25, 0.3) is 0 Å². The summed E-state index contributed by atoms with van der Waals surface area (Å²) in [7, 11) is 0. The third-order valence-electron chi connectivity index (χ3n) is 0.696. The Hall–Kier alpha value is 2.73. The van der Waals surface area contributed by atoms with E-state index in [1.54, 1.807) is 12.4 Å². The maximum absolute atomic E-state index is 8.18. The van der Waals surface area contributed by atoms with Crippen LogP contribution in [-0.2, 0) is 0 Å². The molecule has 4 nitrogen and oxygen atoms in total. The van der Waals surface area contributed by atoms with Gasteiger partial charge in [-0.3, -0.25) is 10.6 Å². The van der Waals surface area contributed by atoms with Gasteiger partial charge in [0.05, 0.1) is 5.08 Å². The van der Waals surface area contributed by atoms with Gasteiger partial charge < -0.3 is 0 Å². The second kappa shape index (κ2) is 16.7. The topological polar surface area (TPSA) is 71.6 Å². The molecule has 0 aliphatic heterocycles. The molecule has 0 aliphatic carbocycles. The van der Waals surface area contributed by atoms with Crippen molar-refractivity contribution in [2.45, 2.75) is 0 Å². The first-order valence-corrected chi connectivity index (χ1v) is 5.63. The quantitative estimate of drug-likeness (QED) is 0.248. The van der Waals surface area contributed by atoms with Crippen LogP contribution in [0.5, 0.6) is 0 Å². The van der Waals surface area contributed by atoms with Crippen molar-refractivity contribution in [2.75, 3.05) is 5.08 Å². The number of hydrogen-bond donors (Lipinski definition) is 2. The van der Waals surface area contributed by atoms with Gasteiger partial charge in [-0.2, -0.15) is 10.5 Å². The number of nitriles is 2. The Labute approximate surface area is 193 Å². The number of thioether (sulfide) groups is 2. The van der Waals surface area contributed by atoms with Crippen LogP contribution in [0, 0.1) is 22.9 Å². The summed E-state index contributed by atoms with van der Waals surface area (Å²) in [5.74, 6) is 0. The summed E-state index contributed by atoms with van der Waals surface area (Å²) in [6.07, 6.45) is 3.42. The fourth-order valence-corrected chi connectivity index (χ4v) is 2.58. The van der Waals surface area contributed by atoms with E-state index >= 15 is 0 Å². The van der Waals surface area contributed by atoms with Crippen molar-refractivity contribution in [3.05, 3.63) is 0 Å². The van der Waals surface area contributed by atoms with Crippen molar-refractivity contribution in [3.63, 3.8) is 0 Å². The van der Waals surface area contributed by atoms with E-state index in [9.17, 15) is 0 Å². The van der Waals surface area contributed by atoms with Crippen molar-refractivity contribution < 1.29 is 0 Å². The van der Waals surface area contributed by atoms with Crippen molar-refractivity contribution in [1.29, 1.82) is 10.5 Å². The SMILES string of the molecule is N#CNC(=S)SCSC(=S)NC#N.[K].[K]. The Balaban J connectivity index is -0.000000720. The molecule has 0 heterocycles. The van der Waals surface area contributed by atoms with E-state index in [0.717, 1.165) is 0 Å². The predicted octanol–water partition coefficient (Wildman–Crippen LogP) is 0.360. The first kappa shape index (κ1) is 22.9. The Morgan fingerprint density at radius 2 is 1.33 bits per heavy atom. The van der Waals surface area contributed by atoms with Crippen LogP contribution in [0.4, 0.5) is 0 Å². The Morgan fingerprint density at radius 3 is 1.60 bits per heavy atom. The molecule has 0 rings (SSSR count). The summed E-state index contributed by atoms with van der Waals surface area (Å²) in [4.78, 5) is 0. The van der Waals surface area contributed by atoms with Crippen molar-refractivity contribution in [2.24, 2.45) is 0 Å². The van der Waals surface area contributed by atoms with Gasteiger partial charge in [-0.05, 0) is 0 Å². The molecule has 0 spiro atoms. The molecule has 0 aromatic carbocycles. The average molecular weight is 327 g/mol. The van der Waals surface area contributed by atoms with E-state index in [0.29, 0.717) is 13.7 Å². The van der Waals surface area contributed by atoms with Crippen LogP contribution < -0.4 is 10.6 Å². The fraction of sp³-hybridized carbons (Fsp3) is 0.200. The van der Waals surface area contributed by atoms with Gasteiger partial charge in [0, 0.05) is 103 Å². The minimum Gasteiger partial charge on any atom is -0.278 e. The normalized spacial score (nSPS) is 6.80. The van der Waals surface area contributed by atoms with Gasteiger partial charge in [0.15, 0.2) is 12.4 Å². The first-order valence-electron chi connectivity index (χ1n) is 2.84. The smallest absolute Gasteiger partial charge is 0.182 e. The minimum absolute atomic E-state index is 0. The predicted molar refractivity (Wildman–Crippen MR) is 74.3 cm³/mol. The molecule has 0 aromatic rings. The maximum Gasteiger partial charge on any atom is 0.182 e.